The second kappa shape index (κ2) is 5.98. The minimum Gasteiger partial charge on any atom is -0.313 e. The van der Waals surface area contributed by atoms with Gasteiger partial charge >= 0.3 is 0 Å². The van der Waals surface area contributed by atoms with Gasteiger partial charge in [-0.25, -0.2) is 0 Å². The number of halogens is 1. The third-order valence-corrected chi connectivity index (χ3v) is 4.30. The van der Waals surface area contributed by atoms with Crippen LogP contribution in [-0.4, -0.2) is 32.1 Å². The van der Waals surface area contributed by atoms with E-state index in [1.165, 1.54) is 31.5 Å². The zero-order valence-corrected chi connectivity index (χ0v) is 12.2. The van der Waals surface area contributed by atoms with Gasteiger partial charge in [0.15, 0.2) is 0 Å². The van der Waals surface area contributed by atoms with E-state index in [9.17, 15) is 0 Å². The van der Waals surface area contributed by atoms with E-state index >= 15 is 0 Å². The van der Waals surface area contributed by atoms with E-state index in [2.05, 4.69) is 64.5 Å². The Morgan fingerprint density at radius 1 is 1.24 bits per heavy atom. The van der Waals surface area contributed by atoms with E-state index < -0.39 is 0 Å². The number of nitrogens with one attached hydrogen (secondary N) is 1. The van der Waals surface area contributed by atoms with E-state index in [4.69, 9.17) is 0 Å². The monoisotopic (exact) mass is 296 g/mol. The van der Waals surface area contributed by atoms with Crippen LogP contribution in [0.3, 0.4) is 0 Å². The van der Waals surface area contributed by atoms with Crippen LogP contribution in [0.25, 0.3) is 0 Å². The first-order chi connectivity index (χ1) is 8.20. The molecule has 0 bridgehead atoms. The van der Waals surface area contributed by atoms with Crippen molar-refractivity contribution in [2.75, 3.05) is 27.2 Å². The van der Waals surface area contributed by atoms with Crippen LogP contribution in [0.4, 0.5) is 0 Å². The molecule has 3 heteroatoms. The van der Waals surface area contributed by atoms with Crippen molar-refractivity contribution in [2.45, 2.75) is 18.9 Å². The molecule has 1 atom stereocenters. The Kier molecular flexibility index (Phi) is 4.60. The van der Waals surface area contributed by atoms with Crippen LogP contribution in [0.15, 0.2) is 28.7 Å². The third-order valence-electron chi connectivity index (χ3n) is 3.77. The summed E-state index contributed by atoms with van der Waals surface area (Å²) in [6, 6.07) is 9.22. The molecule has 1 unspecified atom stereocenters. The van der Waals surface area contributed by atoms with Crippen molar-refractivity contribution in [3.05, 3.63) is 34.3 Å². The van der Waals surface area contributed by atoms with Crippen molar-refractivity contribution in [2.24, 2.45) is 5.92 Å². The lowest BCUT2D eigenvalue weighted by atomic mass is 9.85. The van der Waals surface area contributed by atoms with Crippen LogP contribution >= 0.6 is 15.9 Å². The summed E-state index contributed by atoms with van der Waals surface area (Å²) >= 11 is 3.49. The first-order valence-electron chi connectivity index (χ1n) is 6.32. The van der Waals surface area contributed by atoms with Crippen molar-refractivity contribution < 1.29 is 0 Å². The van der Waals surface area contributed by atoms with E-state index in [1.807, 2.05) is 0 Å². The standard InChI is InChI=1S/C14H21BrN2/c1-16-14(11-3-5-13(15)6-4-11)12-7-9-17(2)10-8-12/h3-6,12,14,16H,7-10H2,1-2H3. The molecule has 0 radical (unpaired) electrons. The zero-order valence-electron chi connectivity index (χ0n) is 10.6. The molecule has 17 heavy (non-hydrogen) atoms. The second-order valence-corrected chi connectivity index (χ2v) is 5.87. The quantitative estimate of drug-likeness (QED) is 0.922. The van der Waals surface area contributed by atoms with Crippen molar-refractivity contribution in [1.29, 1.82) is 0 Å². The Morgan fingerprint density at radius 2 is 1.82 bits per heavy atom. The fraction of sp³-hybridized carbons (Fsp3) is 0.571. The number of rotatable bonds is 3. The first-order valence-corrected chi connectivity index (χ1v) is 7.11. The topological polar surface area (TPSA) is 15.3 Å². The number of likely N-dealkylation sites (tertiary alicyclic amines) is 1. The number of nitrogens with zero attached hydrogens (tertiary/aromatic N) is 1. The molecule has 0 aromatic heterocycles. The van der Waals surface area contributed by atoms with Crippen LogP contribution in [0, 0.1) is 5.92 Å². The van der Waals surface area contributed by atoms with Crippen molar-refractivity contribution in [3.8, 4) is 0 Å². The van der Waals surface area contributed by atoms with Crippen LogP contribution in [0.1, 0.15) is 24.4 Å². The highest BCUT2D eigenvalue weighted by molar-refractivity contribution is 9.10. The number of hydrogen-bond acceptors (Lipinski definition) is 2. The first kappa shape index (κ1) is 13.1. The average molecular weight is 297 g/mol. The van der Waals surface area contributed by atoms with Gasteiger partial charge in [0, 0.05) is 10.5 Å². The molecule has 1 saturated heterocycles. The summed E-state index contributed by atoms with van der Waals surface area (Å²) in [7, 11) is 4.29. The Labute approximate surface area is 113 Å². The molecule has 1 aliphatic heterocycles. The van der Waals surface area contributed by atoms with Crippen molar-refractivity contribution in [1.82, 2.24) is 10.2 Å². The minimum absolute atomic E-state index is 0.497. The zero-order chi connectivity index (χ0) is 12.3. The van der Waals surface area contributed by atoms with E-state index in [1.54, 1.807) is 0 Å². The molecule has 0 amide bonds. The maximum absolute atomic E-state index is 3.49. The SMILES string of the molecule is CNC(c1ccc(Br)cc1)C1CCN(C)CC1. The summed E-state index contributed by atoms with van der Waals surface area (Å²) in [6.07, 6.45) is 2.58. The molecule has 1 aromatic carbocycles. The fourth-order valence-electron chi connectivity index (χ4n) is 2.71. The maximum Gasteiger partial charge on any atom is 0.0347 e. The van der Waals surface area contributed by atoms with Crippen LogP contribution in [0.2, 0.25) is 0 Å². The molecule has 0 saturated carbocycles. The Balaban J connectivity index is 2.08. The molecule has 1 fully saturated rings. The lowest BCUT2D eigenvalue weighted by molar-refractivity contribution is 0.188. The third kappa shape index (κ3) is 3.30. The molecular weight excluding hydrogens is 276 g/mol. The fourth-order valence-corrected chi connectivity index (χ4v) is 2.97. The molecule has 2 nitrogen and oxygen atoms in total. The summed E-state index contributed by atoms with van der Waals surface area (Å²) in [5, 5.41) is 3.49. The highest BCUT2D eigenvalue weighted by Crippen LogP contribution is 2.30. The molecule has 1 aromatic rings. The Bertz CT molecular complexity index is 342. The molecule has 94 valence electrons. The second-order valence-electron chi connectivity index (χ2n) is 4.96. The van der Waals surface area contributed by atoms with Gasteiger partial charge in [0.05, 0.1) is 0 Å². The number of hydrogen-bond donors (Lipinski definition) is 1. The average Bonchev–Trinajstić information content (AvgIpc) is 2.35. The largest absolute Gasteiger partial charge is 0.313 e. The predicted octanol–water partition coefficient (Wildman–Crippen LogP) is 3.05. The van der Waals surface area contributed by atoms with Crippen molar-refractivity contribution in [3.63, 3.8) is 0 Å². The predicted molar refractivity (Wildman–Crippen MR) is 76.2 cm³/mol. The molecule has 0 aliphatic carbocycles. The van der Waals surface area contributed by atoms with E-state index in [0.29, 0.717) is 6.04 Å². The van der Waals surface area contributed by atoms with Gasteiger partial charge in [-0.1, -0.05) is 28.1 Å². The lowest BCUT2D eigenvalue weighted by Gasteiger charge is -2.34. The van der Waals surface area contributed by atoms with E-state index in [0.717, 1.165) is 10.4 Å². The van der Waals surface area contributed by atoms with Gasteiger partial charge in [0.25, 0.3) is 0 Å². The van der Waals surface area contributed by atoms with Gasteiger partial charge in [-0.05, 0) is 63.6 Å². The number of benzene rings is 1. The van der Waals surface area contributed by atoms with E-state index in [-0.39, 0.29) is 0 Å². The molecule has 1 aliphatic rings. The highest BCUT2D eigenvalue weighted by atomic mass is 79.9. The van der Waals surface area contributed by atoms with Gasteiger partial charge in [0.2, 0.25) is 0 Å². The Hall–Kier alpha value is -0.380. The summed E-state index contributed by atoms with van der Waals surface area (Å²) in [4.78, 5) is 2.42. The smallest absolute Gasteiger partial charge is 0.0347 e. The summed E-state index contributed by atoms with van der Waals surface area (Å²) in [6.45, 7) is 2.44. The molecular formula is C14H21BrN2. The molecule has 1 heterocycles. The number of piperidine rings is 1. The summed E-state index contributed by atoms with van der Waals surface area (Å²) in [5.74, 6) is 0.761. The van der Waals surface area contributed by atoms with Gasteiger partial charge in [-0.3, -0.25) is 0 Å². The minimum atomic E-state index is 0.497. The van der Waals surface area contributed by atoms with Crippen LogP contribution in [-0.2, 0) is 0 Å². The molecule has 0 spiro atoms. The van der Waals surface area contributed by atoms with Gasteiger partial charge in [-0.2, -0.15) is 0 Å². The lowest BCUT2D eigenvalue weighted by Crippen LogP contribution is -2.36. The highest BCUT2D eigenvalue weighted by Gasteiger charge is 2.25. The molecule has 2 rings (SSSR count). The normalized spacial score (nSPS) is 20.4. The van der Waals surface area contributed by atoms with Crippen molar-refractivity contribution >= 4 is 15.9 Å². The maximum atomic E-state index is 3.49. The molecule has 1 N–H and O–H groups in total. The summed E-state index contributed by atoms with van der Waals surface area (Å²) in [5.41, 5.74) is 1.41. The van der Waals surface area contributed by atoms with Gasteiger partial charge in [-0.15, -0.1) is 0 Å². The van der Waals surface area contributed by atoms with Crippen LogP contribution < -0.4 is 5.32 Å². The Morgan fingerprint density at radius 3 is 2.35 bits per heavy atom. The van der Waals surface area contributed by atoms with Gasteiger partial charge < -0.3 is 10.2 Å². The van der Waals surface area contributed by atoms with Gasteiger partial charge in [0.1, 0.15) is 0 Å². The summed E-state index contributed by atoms with van der Waals surface area (Å²) < 4.78 is 1.15. The van der Waals surface area contributed by atoms with Crippen LogP contribution in [0.5, 0.6) is 0 Å².